The van der Waals surface area contributed by atoms with Crippen LogP contribution in [0.4, 0.5) is 17.5 Å². The highest BCUT2D eigenvalue weighted by Gasteiger charge is 2.24. The molecule has 2 N–H and O–H groups in total. The van der Waals surface area contributed by atoms with Crippen LogP contribution >= 0.6 is 11.6 Å². The lowest BCUT2D eigenvalue weighted by Gasteiger charge is -2.35. The fraction of sp³-hybridized carbons (Fsp3) is 0.417. The lowest BCUT2D eigenvalue weighted by Crippen LogP contribution is -2.39. The number of fused-ring (bicyclic) bond motifs is 1. The van der Waals surface area contributed by atoms with E-state index in [2.05, 4.69) is 34.4 Å². The summed E-state index contributed by atoms with van der Waals surface area (Å²) in [6.45, 7) is 6.07. The molecule has 1 aliphatic heterocycles. The summed E-state index contributed by atoms with van der Waals surface area (Å²) in [5, 5.41) is 6.93. The highest BCUT2D eigenvalue weighted by atomic mass is 35.5. The van der Waals surface area contributed by atoms with Gasteiger partial charge >= 0.3 is 0 Å². The third-order valence-corrected chi connectivity index (χ3v) is 6.25. The van der Waals surface area contributed by atoms with Crippen molar-refractivity contribution in [1.29, 1.82) is 0 Å². The summed E-state index contributed by atoms with van der Waals surface area (Å²) in [7, 11) is 3.18. The minimum absolute atomic E-state index is 0.103. The number of ether oxygens (including phenoxy) is 1. The second-order valence-corrected chi connectivity index (χ2v) is 9.36. The van der Waals surface area contributed by atoms with Crippen LogP contribution in [0.15, 0.2) is 35.3 Å². The molecular weight excluding hydrogens is 456 g/mol. The maximum absolute atomic E-state index is 12.6. The van der Waals surface area contributed by atoms with Gasteiger partial charge in [-0.15, -0.1) is 0 Å². The summed E-state index contributed by atoms with van der Waals surface area (Å²) in [5.74, 6) is 2.10. The van der Waals surface area contributed by atoms with E-state index < -0.39 is 0 Å². The van der Waals surface area contributed by atoms with Gasteiger partial charge in [-0.05, 0) is 42.5 Å². The monoisotopic (exact) mass is 484 g/mol. The van der Waals surface area contributed by atoms with Gasteiger partial charge in [0.05, 0.1) is 11.7 Å². The SMILES string of the molecule is CNC(=O)COc1cc2cc(Nc3nc(N4C[C@H](C)C[C@H](C)C4)ncc3Cl)ccc2n(C)c1=O. The van der Waals surface area contributed by atoms with Gasteiger partial charge in [0.2, 0.25) is 5.95 Å². The summed E-state index contributed by atoms with van der Waals surface area (Å²) in [5.41, 5.74) is 1.16. The number of hydrogen-bond donors (Lipinski definition) is 2. The molecule has 0 bridgehead atoms. The molecular formula is C24H29ClN6O3. The van der Waals surface area contributed by atoms with E-state index in [0.717, 1.165) is 29.7 Å². The second kappa shape index (κ2) is 9.89. The molecule has 180 valence electrons. The topological polar surface area (TPSA) is 101 Å². The minimum atomic E-state index is -0.315. The average Bonchev–Trinajstić information content (AvgIpc) is 2.81. The van der Waals surface area contributed by atoms with Crippen LogP contribution in [0, 0.1) is 11.8 Å². The summed E-state index contributed by atoms with van der Waals surface area (Å²) >= 11 is 6.41. The van der Waals surface area contributed by atoms with Gasteiger partial charge in [0, 0.05) is 38.3 Å². The van der Waals surface area contributed by atoms with Crippen molar-refractivity contribution >= 4 is 45.9 Å². The molecule has 1 saturated heterocycles. The van der Waals surface area contributed by atoms with Gasteiger partial charge in [-0.2, -0.15) is 4.98 Å². The number of carbonyl (C=O) groups is 1. The van der Waals surface area contributed by atoms with E-state index >= 15 is 0 Å². The predicted molar refractivity (Wildman–Crippen MR) is 134 cm³/mol. The Balaban J connectivity index is 1.62. The van der Waals surface area contributed by atoms with E-state index in [1.165, 1.54) is 18.0 Å². The average molecular weight is 485 g/mol. The Morgan fingerprint density at radius 3 is 2.68 bits per heavy atom. The Morgan fingerprint density at radius 1 is 1.24 bits per heavy atom. The first-order valence-corrected chi connectivity index (χ1v) is 11.6. The fourth-order valence-electron chi connectivity index (χ4n) is 4.41. The largest absolute Gasteiger partial charge is 0.478 e. The number of nitrogens with one attached hydrogen (secondary N) is 2. The zero-order chi connectivity index (χ0) is 24.4. The van der Waals surface area contributed by atoms with Gasteiger partial charge in [-0.3, -0.25) is 9.59 Å². The number of rotatable bonds is 6. The number of anilines is 3. The molecule has 0 spiro atoms. The standard InChI is InChI=1S/C24H29ClN6O3/c1-14-7-15(2)12-31(11-14)24-27-10-18(25)22(29-24)28-17-5-6-19-16(8-17)9-20(23(33)30(19)4)34-13-21(32)26-3/h5-6,8-10,14-15H,7,11-13H2,1-4H3,(H,26,32)(H,27,28,29)/t14-,15+. The molecule has 0 aliphatic carbocycles. The second-order valence-electron chi connectivity index (χ2n) is 8.95. The summed E-state index contributed by atoms with van der Waals surface area (Å²) in [4.78, 5) is 35.5. The number of halogens is 1. The van der Waals surface area contributed by atoms with Crippen LogP contribution in [0.1, 0.15) is 20.3 Å². The first kappa shape index (κ1) is 23.8. The van der Waals surface area contributed by atoms with Crippen molar-refractivity contribution in [2.75, 3.05) is 37.0 Å². The number of piperidine rings is 1. The quantitative estimate of drug-likeness (QED) is 0.553. The summed E-state index contributed by atoms with van der Waals surface area (Å²) in [6.07, 6.45) is 2.81. The Kier molecular flexibility index (Phi) is 6.92. The molecule has 4 rings (SSSR count). The van der Waals surface area contributed by atoms with Crippen molar-refractivity contribution in [3.8, 4) is 5.75 Å². The zero-order valence-electron chi connectivity index (χ0n) is 19.8. The molecule has 9 nitrogen and oxygen atoms in total. The normalized spacial score (nSPS) is 18.1. The van der Waals surface area contributed by atoms with Crippen molar-refractivity contribution in [3.05, 3.63) is 45.8 Å². The number of likely N-dealkylation sites (N-methyl/N-ethyl adjacent to an activating group) is 1. The Labute approximate surface area is 203 Å². The highest BCUT2D eigenvalue weighted by molar-refractivity contribution is 6.32. The zero-order valence-corrected chi connectivity index (χ0v) is 20.5. The molecule has 2 atom stereocenters. The van der Waals surface area contributed by atoms with E-state index in [9.17, 15) is 9.59 Å². The number of aryl methyl sites for hydroxylation is 1. The lowest BCUT2D eigenvalue weighted by molar-refractivity contribution is -0.122. The number of pyridine rings is 1. The molecule has 2 aromatic heterocycles. The molecule has 34 heavy (non-hydrogen) atoms. The summed E-state index contributed by atoms with van der Waals surface area (Å²) < 4.78 is 6.94. The molecule has 0 unspecified atom stereocenters. The van der Waals surface area contributed by atoms with Crippen LogP contribution in [-0.4, -0.2) is 47.2 Å². The van der Waals surface area contributed by atoms with E-state index in [1.54, 1.807) is 19.3 Å². The first-order valence-electron chi connectivity index (χ1n) is 11.3. The smallest absolute Gasteiger partial charge is 0.293 e. The molecule has 3 heterocycles. The molecule has 1 aromatic carbocycles. The van der Waals surface area contributed by atoms with E-state index in [1.807, 2.05) is 18.2 Å². The highest BCUT2D eigenvalue weighted by Crippen LogP contribution is 2.29. The number of hydrogen-bond acceptors (Lipinski definition) is 7. The number of carbonyl (C=O) groups excluding carboxylic acids is 1. The van der Waals surface area contributed by atoms with E-state index in [4.69, 9.17) is 21.3 Å². The molecule has 1 amide bonds. The molecule has 10 heteroatoms. The number of aromatic nitrogens is 3. The third kappa shape index (κ3) is 5.09. The van der Waals surface area contributed by atoms with Gasteiger partial charge in [0.15, 0.2) is 18.2 Å². The minimum Gasteiger partial charge on any atom is -0.478 e. The number of benzene rings is 1. The van der Waals surface area contributed by atoms with Crippen molar-refractivity contribution in [2.24, 2.45) is 18.9 Å². The van der Waals surface area contributed by atoms with Crippen LogP contribution in [0.5, 0.6) is 5.75 Å². The number of nitrogens with zero attached hydrogens (tertiary/aromatic N) is 4. The Bertz CT molecular complexity index is 1270. The van der Waals surface area contributed by atoms with Gasteiger partial charge in [-0.25, -0.2) is 4.98 Å². The van der Waals surface area contributed by atoms with Gasteiger partial charge in [0.25, 0.3) is 11.5 Å². The van der Waals surface area contributed by atoms with Crippen molar-refractivity contribution < 1.29 is 9.53 Å². The predicted octanol–water partition coefficient (Wildman–Crippen LogP) is 3.33. The van der Waals surface area contributed by atoms with Crippen molar-refractivity contribution in [2.45, 2.75) is 20.3 Å². The van der Waals surface area contributed by atoms with Gasteiger partial charge in [-0.1, -0.05) is 25.4 Å². The lowest BCUT2D eigenvalue weighted by atomic mass is 9.92. The van der Waals surface area contributed by atoms with Gasteiger partial charge in [0.1, 0.15) is 5.02 Å². The van der Waals surface area contributed by atoms with Crippen LogP contribution < -0.4 is 25.8 Å². The third-order valence-electron chi connectivity index (χ3n) is 5.97. The van der Waals surface area contributed by atoms with Crippen LogP contribution in [0.3, 0.4) is 0 Å². The Morgan fingerprint density at radius 2 is 1.97 bits per heavy atom. The van der Waals surface area contributed by atoms with E-state index in [0.29, 0.717) is 28.6 Å². The maximum atomic E-state index is 12.6. The first-order chi connectivity index (χ1) is 16.2. The van der Waals surface area contributed by atoms with Gasteiger partial charge < -0.3 is 24.8 Å². The maximum Gasteiger partial charge on any atom is 0.293 e. The Hall–Kier alpha value is -3.33. The van der Waals surface area contributed by atoms with Crippen molar-refractivity contribution in [1.82, 2.24) is 19.9 Å². The van der Waals surface area contributed by atoms with Crippen LogP contribution in [0.25, 0.3) is 10.9 Å². The van der Waals surface area contributed by atoms with E-state index in [-0.39, 0.29) is 23.8 Å². The number of amides is 1. The molecule has 0 radical (unpaired) electrons. The molecule has 1 fully saturated rings. The molecule has 1 aliphatic rings. The van der Waals surface area contributed by atoms with Crippen LogP contribution in [0.2, 0.25) is 5.02 Å². The molecule has 3 aromatic rings. The molecule has 0 saturated carbocycles. The summed E-state index contributed by atoms with van der Waals surface area (Å²) in [6, 6.07) is 7.21. The fourth-order valence-corrected chi connectivity index (χ4v) is 4.55. The van der Waals surface area contributed by atoms with Crippen molar-refractivity contribution in [3.63, 3.8) is 0 Å². The van der Waals surface area contributed by atoms with Crippen LogP contribution in [-0.2, 0) is 11.8 Å².